The molecule has 0 saturated carbocycles. The fourth-order valence-electron chi connectivity index (χ4n) is 1.23. The van der Waals surface area contributed by atoms with Crippen LogP contribution in [0.15, 0.2) is 10.7 Å². The van der Waals surface area contributed by atoms with Crippen LogP contribution >= 0.6 is 15.9 Å². The number of pyridine rings is 1. The van der Waals surface area contributed by atoms with Gasteiger partial charge in [0.05, 0.1) is 15.1 Å². The highest BCUT2D eigenvalue weighted by molar-refractivity contribution is 9.10. The maximum Gasteiger partial charge on any atom is 0.291 e. The number of nitrogens with zero attached hydrogens (tertiary/aromatic N) is 2. The molecule has 7 nitrogen and oxygen atoms in total. The van der Waals surface area contributed by atoms with E-state index in [1.54, 1.807) is 6.92 Å². The third-order valence-electron chi connectivity index (χ3n) is 2.20. The van der Waals surface area contributed by atoms with Crippen molar-refractivity contribution in [2.45, 2.75) is 6.92 Å². The van der Waals surface area contributed by atoms with E-state index in [1.807, 2.05) is 0 Å². The van der Waals surface area contributed by atoms with Gasteiger partial charge in [-0.1, -0.05) is 0 Å². The summed E-state index contributed by atoms with van der Waals surface area (Å²) < 4.78 is 22.4. The molecule has 9 heteroatoms. The minimum absolute atomic E-state index is 0.0306. The van der Waals surface area contributed by atoms with Gasteiger partial charge in [-0.3, -0.25) is 10.1 Å². The molecular formula is C9H12BrN3O4S. The van der Waals surface area contributed by atoms with Gasteiger partial charge in [0, 0.05) is 18.4 Å². The van der Waals surface area contributed by atoms with Crippen molar-refractivity contribution < 1.29 is 13.3 Å². The molecule has 0 atom stereocenters. The lowest BCUT2D eigenvalue weighted by molar-refractivity contribution is -0.385. The van der Waals surface area contributed by atoms with Crippen LogP contribution in [0, 0.1) is 17.0 Å². The summed E-state index contributed by atoms with van der Waals surface area (Å²) in [5, 5.41) is 13.5. The number of hydrogen-bond acceptors (Lipinski definition) is 6. The lowest BCUT2D eigenvalue weighted by atomic mass is 10.2. The van der Waals surface area contributed by atoms with Crippen molar-refractivity contribution in [2.24, 2.45) is 0 Å². The van der Waals surface area contributed by atoms with E-state index in [2.05, 4.69) is 26.2 Å². The maximum atomic E-state index is 11.0. The normalized spacial score (nSPS) is 11.3. The Labute approximate surface area is 113 Å². The molecule has 0 fully saturated rings. The molecule has 0 amide bonds. The van der Waals surface area contributed by atoms with Crippen molar-refractivity contribution in [3.05, 3.63) is 26.3 Å². The van der Waals surface area contributed by atoms with Gasteiger partial charge in [0.15, 0.2) is 0 Å². The zero-order valence-corrected chi connectivity index (χ0v) is 12.2. The molecule has 0 unspecified atom stereocenters. The number of rotatable bonds is 5. The highest BCUT2D eigenvalue weighted by Gasteiger charge is 2.17. The molecule has 1 rings (SSSR count). The first-order chi connectivity index (χ1) is 8.22. The third kappa shape index (κ3) is 3.91. The van der Waals surface area contributed by atoms with Gasteiger partial charge in [0.25, 0.3) is 5.69 Å². The van der Waals surface area contributed by atoms with Gasteiger partial charge in [-0.15, -0.1) is 0 Å². The van der Waals surface area contributed by atoms with E-state index in [1.165, 1.54) is 0 Å². The van der Waals surface area contributed by atoms with Crippen molar-refractivity contribution in [3.8, 4) is 0 Å². The standard InChI is InChI=1S/C9H12BrN3O4S/c1-6-7(13(14)15)5-12-9(8(6)10)11-3-4-18(2,16)17/h5H,3-4H2,1-2H3,(H,11,12). The van der Waals surface area contributed by atoms with E-state index in [-0.39, 0.29) is 18.0 Å². The van der Waals surface area contributed by atoms with E-state index in [4.69, 9.17) is 0 Å². The first-order valence-electron chi connectivity index (χ1n) is 4.93. The van der Waals surface area contributed by atoms with Crippen LogP contribution in [0.4, 0.5) is 11.5 Å². The highest BCUT2D eigenvalue weighted by atomic mass is 79.9. The van der Waals surface area contributed by atoms with Crippen LogP contribution in [0.1, 0.15) is 5.56 Å². The molecule has 100 valence electrons. The van der Waals surface area contributed by atoms with E-state index >= 15 is 0 Å². The predicted octanol–water partition coefficient (Wildman–Crippen LogP) is 1.52. The van der Waals surface area contributed by atoms with Gasteiger partial charge >= 0.3 is 0 Å². The molecule has 0 aliphatic heterocycles. The topological polar surface area (TPSA) is 102 Å². The minimum atomic E-state index is -3.05. The van der Waals surface area contributed by atoms with Crippen molar-refractivity contribution >= 4 is 37.3 Å². The SMILES string of the molecule is Cc1c([N+](=O)[O-])cnc(NCCS(C)(=O)=O)c1Br. The Hall–Kier alpha value is -1.22. The second-order valence-corrected chi connectivity index (χ2v) is 6.80. The van der Waals surface area contributed by atoms with Crippen LogP contribution in [-0.4, -0.2) is 36.9 Å². The van der Waals surface area contributed by atoms with Crippen molar-refractivity contribution in [3.63, 3.8) is 0 Å². The molecule has 0 bridgehead atoms. The highest BCUT2D eigenvalue weighted by Crippen LogP contribution is 2.30. The maximum absolute atomic E-state index is 11.0. The van der Waals surface area contributed by atoms with E-state index < -0.39 is 14.8 Å². The summed E-state index contributed by atoms with van der Waals surface area (Å²) in [5.41, 5.74) is 0.354. The fraction of sp³-hybridized carbons (Fsp3) is 0.444. The summed E-state index contributed by atoms with van der Waals surface area (Å²) >= 11 is 3.20. The Kier molecular flexibility index (Phi) is 4.63. The molecule has 0 radical (unpaired) electrons. The molecule has 1 N–H and O–H groups in total. The van der Waals surface area contributed by atoms with Crippen LogP contribution in [0.25, 0.3) is 0 Å². The molecule has 1 aromatic rings. The smallest absolute Gasteiger partial charge is 0.291 e. The van der Waals surface area contributed by atoms with Gasteiger partial charge < -0.3 is 5.32 Å². The molecule has 1 heterocycles. The molecule has 18 heavy (non-hydrogen) atoms. The number of halogens is 1. The number of hydrogen-bond donors (Lipinski definition) is 1. The van der Waals surface area contributed by atoms with Crippen LogP contribution in [0.5, 0.6) is 0 Å². The Morgan fingerprint density at radius 1 is 1.56 bits per heavy atom. The molecule has 0 aromatic carbocycles. The van der Waals surface area contributed by atoms with Gasteiger partial charge in [-0.05, 0) is 22.9 Å². The average molecular weight is 338 g/mol. The molecule has 0 aliphatic rings. The van der Waals surface area contributed by atoms with Gasteiger partial charge in [0.1, 0.15) is 21.9 Å². The van der Waals surface area contributed by atoms with Crippen molar-refractivity contribution in [1.82, 2.24) is 4.98 Å². The number of nitro groups is 1. The molecule has 0 saturated heterocycles. The van der Waals surface area contributed by atoms with E-state index in [9.17, 15) is 18.5 Å². The average Bonchev–Trinajstić information content (AvgIpc) is 2.22. The number of sulfone groups is 1. The van der Waals surface area contributed by atoms with Crippen LogP contribution in [-0.2, 0) is 9.84 Å². The predicted molar refractivity (Wildman–Crippen MR) is 71.5 cm³/mol. The second kappa shape index (κ2) is 5.61. The number of nitrogens with one attached hydrogen (secondary N) is 1. The van der Waals surface area contributed by atoms with Gasteiger partial charge in [-0.2, -0.15) is 0 Å². The lowest BCUT2D eigenvalue weighted by Crippen LogP contribution is -2.15. The number of aromatic nitrogens is 1. The van der Waals surface area contributed by atoms with Crippen LogP contribution < -0.4 is 5.32 Å². The van der Waals surface area contributed by atoms with Crippen LogP contribution in [0.2, 0.25) is 0 Å². The van der Waals surface area contributed by atoms with Gasteiger partial charge in [0.2, 0.25) is 0 Å². The summed E-state index contributed by atoms with van der Waals surface area (Å²) in [7, 11) is -3.05. The van der Waals surface area contributed by atoms with Crippen molar-refractivity contribution in [1.29, 1.82) is 0 Å². The van der Waals surface area contributed by atoms with Crippen LogP contribution in [0.3, 0.4) is 0 Å². The third-order valence-corrected chi connectivity index (χ3v) is 4.12. The van der Waals surface area contributed by atoms with Gasteiger partial charge in [-0.25, -0.2) is 13.4 Å². The lowest BCUT2D eigenvalue weighted by Gasteiger charge is -2.08. The Morgan fingerprint density at radius 3 is 2.67 bits per heavy atom. The van der Waals surface area contributed by atoms with E-state index in [0.717, 1.165) is 12.5 Å². The zero-order chi connectivity index (χ0) is 13.9. The second-order valence-electron chi connectivity index (χ2n) is 3.74. The summed E-state index contributed by atoms with van der Waals surface area (Å²) in [4.78, 5) is 14.0. The monoisotopic (exact) mass is 337 g/mol. The summed E-state index contributed by atoms with van der Waals surface area (Å²) in [6.45, 7) is 1.79. The molecular weight excluding hydrogens is 326 g/mol. The minimum Gasteiger partial charge on any atom is -0.368 e. The van der Waals surface area contributed by atoms with E-state index in [0.29, 0.717) is 15.9 Å². The fourth-order valence-corrected chi connectivity index (χ4v) is 2.15. The first kappa shape index (κ1) is 14.8. The molecule has 1 aromatic heterocycles. The largest absolute Gasteiger partial charge is 0.368 e. The zero-order valence-electron chi connectivity index (χ0n) is 9.81. The molecule has 0 spiro atoms. The summed E-state index contributed by atoms with van der Waals surface area (Å²) in [5.74, 6) is 0.360. The summed E-state index contributed by atoms with van der Waals surface area (Å²) in [6.07, 6.45) is 2.28. The number of anilines is 1. The molecule has 0 aliphatic carbocycles. The summed E-state index contributed by atoms with van der Waals surface area (Å²) in [6, 6.07) is 0. The Balaban J connectivity index is 2.86. The Morgan fingerprint density at radius 2 is 2.17 bits per heavy atom. The quantitative estimate of drug-likeness (QED) is 0.645. The Bertz CT molecular complexity index is 573. The first-order valence-corrected chi connectivity index (χ1v) is 7.79. The van der Waals surface area contributed by atoms with Crippen molar-refractivity contribution in [2.75, 3.05) is 23.9 Å².